The van der Waals surface area contributed by atoms with Crippen molar-refractivity contribution in [2.24, 2.45) is 5.92 Å². The van der Waals surface area contributed by atoms with Crippen LogP contribution in [-0.2, 0) is 20.9 Å². The molecule has 3 heterocycles. The number of likely N-dealkylation sites (tertiary alicyclic amines) is 1. The third-order valence-electron chi connectivity index (χ3n) is 5.08. The molecule has 1 aromatic rings. The van der Waals surface area contributed by atoms with Gasteiger partial charge in [0.2, 0.25) is 11.8 Å². The second kappa shape index (κ2) is 9.09. The Morgan fingerprint density at radius 1 is 1.15 bits per heavy atom. The molecule has 0 atom stereocenters. The molecular weight excluding hydrogens is 332 g/mol. The van der Waals surface area contributed by atoms with Gasteiger partial charge in [-0.15, -0.1) is 0 Å². The van der Waals surface area contributed by atoms with E-state index in [9.17, 15) is 9.59 Å². The lowest BCUT2D eigenvalue weighted by Gasteiger charge is -2.36. The molecular formula is C19H28N4O3. The van der Waals surface area contributed by atoms with E-state index in [0.29, 0.717) is 52.5 Å². The fourth-order valence-corrected chi connectivity index (χ4v) is 3.57. The minimum atomic E-state index is 0.0448. The molecule has 0 radical (unpaired) electrons. The summed E-state index contributed by atoms with van der Waals surface area (Å²) < 4.78 is 5.31. The van der Waals surface area contributed by atoms with Gasteiger partial charge >= 0.3 is 0 Å². The van der Waals surface area contributed by atoms with E-state index in [-0.39, 0.29) is 17.7 Å². The molecule has 2 amide bonds. The van der Waals surface area contributed by atoms with E-state index in [1.807, 2.05) is 39.9 Å². The topological polar surface area (TPSA) is 66.0 Å². The number of hydrogen-bond acceptors (Lipinski definition) is 5. The van der Waals surface area contributed by atoms with Crippen LogP contribution in [0.5, 0.6) is 0 Å². The summed E-state index contributed by atoms with van der Waals surface area (Å²) in [5.74, 6) is 0.400. The van der Waals surface area contributed by atoms with Gasteiger partial charge in [0.25, 0.3) is 0 Å². The number of nitrogens with zero attached hydrogens (tertiary/aromatic N) is 4. The highest BCUT2D eigenvalue weighted by atomic mass is 16.5. The molecule has 2 aliphatic heterocycles. The van der Waals surface area contributed by atoms with Crippen LogP contribution < -0.4 is 0 Å². The second-order valence-electron chi connectivity index (χ2n) is 7.09. The van der Waals surface area contributed by atoms with E-state index in [2.05, 4.69) is 4.98 Å². The van der Waals surface area contributed by atoms with E-state index in [1.165, 1.54) is 0 Å². The maximum Gasteiger partial charge on any atom is 0.236 e. The van der Waals surface area contributed by atoms with Crippen molar-refractivity contribution in [2.45, 2.75) is 19.4 Å². The first-order chi connectivity index (χ1) is 12.6. The van der Waals surface area contributed by atoms with Crippen molar-refractivity contribution >= 4 is 11.8 Å². The van der Waals surface area contributed by atoms with Gasteiger partial charge in [-0.25, -0.2) is 0 Å². The molecule has 7 heteroatoms. The van der Waals surface area contributed by atoms with Crippen molar-refractivity contribution in [1.29, 1.82) is 0 Å². The highest BCUT2D eigenvalue weighted by Crippen LogP contribution is 2.20. The summed E-state index contributed by atoms with van der Waals surface area (Å²) in [7, 11) is 1.93. The van der Waals surface area contributed by atoms with Gasteiger partial charge in [0.05, 0.1) is 25.5 Å². The molecule has 0 aliphatic carbocycles. The molecule has 0 N–H and O–H groups in total. The first-order valence-electron chi connectivity index (χ1n) is 9.36. The predicted octanol–water partition coefficient (Wildman–Crippen LogP) is 0.611. The van der Waals surface area contributed by atoms with Crippen LogP contribution in [0.15, 0.2) is 24.4 Å². The lowest BCUT2D eigenvalue weighted by molar-refractivity contribution is -0.144. The van der Waals surface area contributed by atoms with E-state index < -0.39 is 0 Å². The van der Waals surface area contributed by atoms with Gasteiger partial charge < -0.3 is 14.5 Å². The third-order valence-corrected chi connectivity index (χ3v) is 5.08. The van der Waals surface area contributed by atoms with Gasteiger partial charge in [0.1, 0.15) is 0 Å². The molecule has 7 nitrogen and oxygen atoms in total. The van der Waals surface area contributed by atoms with Gasteiger partial charge in [0, 0.05) is 44.8 Å². The Balaban J connectivity index is 1.42. The molecule has 142 valence electrons. The van der Waals surface area contributed by atoms with E-state index in [0.717, 1.165) is 18.5 Å². The molecule has 0 unspecified atom stereocenters. The lowest BCUT2D eigenvalue weighted by Crippen LogP contribution is -2.48. The monoisotopic (exact) mass is 360 g/mol. The Kier molecular flexibility index (Phi) is 6.57. The number of aromatic nitrogens is 1. The molecule has 0 saturated carbocycles. The number of piperidine rings is 1. The number of amides is 2. The van der Waals surface area contributed by atoms with Crippen LogP contribution in [0.1, 0.15) is 18.5 Å². The molecule has 3 rings (SSSR count). The summed E-state index contributed by atoms with van der Waals surface area (Å²) in [6.07, 6.45) is 3.28. The molecule has 0 aromatic carbocycles. The zero-order chi connectivity index (χ0) is 18.4. The molecule has 2 saturated heterocycles. The number of morpholine rings is 1. The lowest BCUT2D eigenvalue weighted by atomic mass is 9.95. The van der Waals surface area contributed by atoms with Crippen molar-refractivity contribution in [3.8, 4) is 0 Å². The number of ether oxygens (including phenoxy) is 1. The van der Waals surface area contributed by atoms with Crippen LogP contribution in [0, 0.1) is 5.92 Å². The van der Waals surface area contributed by atoms with Crippen LogP contribution in [0.4, 0.5) is 0 Å². The van der Waals surface area contributed by atoms with Crippen LogP contribution >= 0.6 is 0 Å². The summed E-state index contributed by atoms with van der Waals surface area (Å²) >= 11 is 0. The number of carbonyl (C=O) groups is 2. The summed E-state index contributed by atoms with van der Waals surface area (Å²) in [5.41, 5.74) is 0.956. The zero-order valence-corrected chi connectivity index (χ0v) is 15.5. The highest BCUT2D eigenvalue weighted by Gasteiger charge is 2.31. The summed E-state index contributed by atoms with van der Waals surface area (Å²) in [6.45, 7) is 5.00. The maximum atomic E-state index is 12.6. The second-order valence-corrected chi connectivity index (χ2v) is 7.09. The predicted molar refractivity (Wildman–Crippen MR) is 97.3 cm³/mol. The summed E-state index contributed by atoms with van der Waals surface area (Å²) in [4.78, 5) is 35.2. The van der Waals surface area contributed by atoms with Crippen LogP contribution in [0.2, 0.25) is 0 Å². The molecule has 2 fully saturated rings. The Morgan fingerprint density at radius 3 is 2.54 bits per heavy atom. The molecule has 0 spiro atoms. The zero-order valence-electron chi connectivity index (χ0n) is 15.5. The van der Waals surface area contributed by atoms with Gasteiger partial charge in [0.15, 0.2) is 0 Å². The smallest absolute Gasteiger partial charge is 0.236 e. The van der Waals surface area contributed by atoms with Crippen molar-refractivity contribution in [3.63, 3.8) is 0 Å². The number of hydrogen-bond donors (Lipinski definition) is 0. The maximum absolute atomic E-state index is 12.6. The number of carbonyl (C=O) groups excluding carboxylic acids is 2. The first kappa shape index (κ1) is 18.8. The number of likely N-dealkylation sites (N-methyl/N-ethyl adjacent to an activating group) is 1. The summed E-state index contributed by atoms with van der Waals surface area (Å²) in [5, 5.41) is 0. The third kappa shape index (κ3) is 5.02. The molecule has 26 heavy (non-hydrogen) atoms. The van der Waals surface area contributed by atoms with Crippen molar-refractivity contribution in [3.05, 3.63) is 30.1 Å². The summed E-state index contributed by atoms with van der Waals surface area (Å²) in [6, 6.07) is 5.80. The molecule has 0 bridgehead atoms. The van der Waals surface area contributed by atoms with Gasteiger partial charge in [-0.05, 0) is 32.0 Å². The van der Waals surface area contributed by atoms with E-state index in [4.69, 9.17) is 4.74 Å². The van der Waals surface area contributed by atoms with E-state index in [1.54, 1.807) is 6.20 Å². The first-order valence-corrected chi connectivity index (χ1v) is 9.36. The Bertz CT molecular complexity index is 596. The van der Waals surface area contributed by atoms with Gasteiger partial charge in [-0.3, -0.25) is 19.5 Å². The molecule has 2 aliphatic rings. The standard InChI is InChI=1S/C19H28N4O3/c1-21(14-17-4-2-3-7-20-17)15-18(24)22-8-5-16(6-9-22)19(25)23-10-12-26-13-11-23/h2-4,7,16H,5-6,8-15H2,1H3. The largest absolute Gasteiger partial charge is 0.378 e. The fourth-order valence-electron chi connectivity index (χ4n) is 3.57. The number of rotatable bonds is 5. The average Bonchev–Trinajstić information content (AvgIpc) is 2.69. The van der Waals surface area contributed by atoms with E-state index >= 15 is 0 Å². The van der Waals surface area contributed by atoms with Crippen LogP contribution in [-0.4, -0.2) is 84.5 Å². The van der Waals surface area contributed by atoms with Crippen LogP contribution in [0.3, 0.4) is 0 Å². The number of pyridine rings is 1. The average molecular weight is 360 g/mol. The minimum Gasteiger partial charge on any atom is -0.378 e. The Labute approximate surface area is 154 Å². The van der Waals surface area contributed by atoms with Gasteiger partial charge in [-0.1, -0.05) is 6.07 Å². The molecule has 1 aromatic heterocycles. The van der Waals surface area contributed by atoms with Crippen molar-refractivity contribution < 1.29 is 14.3 Å². The normalized spacial score (nSPS) is 19.0. The fraction of sp³-hybridized carbons (Fsp3) is 0.632. The van der Waals surface area contributed by atoms with Crippen molar-refractivity contribution in [1.82, 2.24) is 19.7 Å². The Morgan fingerprint density at radius 2 is 1.88 bits per heavy atom. The minimum absolute atomic E-state index is 0.0448. The highest BCUT2D eigenvalue weighted by molar-refractivity contribution is 5.81. The van der Waals surface area contributed by atoms with Crippen LogP contribution in [0.25, 0.3) is 0 Å². The van der Waals surface area contributed by atoms with Crippen molar-refractivity contribution in [2.75, 3.05) is 53.0 Å². The Hall–Kier alpha value is -1.99. The SMILES string of the molecule is CN(CC(=O)N1CCC(C(=O)N2CCOCC2)CC1)Cc1ccccn1. The quantitative estimate of drug-likeness (QED) is 0.770. The van der Waals surface area contributed by atoms with Gasteiger partial charge in [-0.2, -0.15) is 0 Å².